The van der Waals surface area contributed by atoms with Gasteiger partial charge in [-0.1, -0.05) is 18.2 Å². The molecule has 1 rings (SSSR count). The van der Waals surface area contributed by atoms with E-state index in [0.29, 0.717) is 0 Å². The van der Waals surface area contributed by atoms with Crippen molar-refractivity contribution >= 4 is 10.1 Å². The summed E-state index contributed by atoms with van der Waals surface area (Å²) in [5.41, 5.74) is 0. The van der Waals surface area contributed by atoms with Crippen LogP contribution in [0.25, 0.3) is 0 Å². The minimum atomic E-state index is -4.59. The zero-order valence-corrected chi connectivity index (χ0v) is 7.73. The molecule has 0 aliphatic heterocycles. The van der Waals surface area contributed by atoms with E-state index >= 15 is 0 Å². The molecule has 0 saturated heterocycles. The molecule has 0 aromatic heterocycles. The van der Waals surface area contributed by atoms with Gasteiger partial charge in [0.1, 0.15) is 6.10 Å². The van der Waals surface area contributed by atoms with E-state index in [1.54, 1.807) is 0 Å². The maximum atomic E-state index is 10.8. The monoisotopic (exact) mass is 206 g/mol. The van der Waals surface area contributed by atoms with Gasteiger partial charge in [-0.2, -0.15) is 8.42 Å². The van der Waals surface area contributed by atoms with Crippen molar-refractivity contribution in [2.24, 2.45) is 0 Å². The Hall–Kier alpha value is -0.690. The average Bonchev–Trinajstić information content (AvgIpc) is 2.03. The highest BCUT2D eigenvalue weighted by molar-refractivity contribution is 7.87. The second kappa shape index (κ2) is 3.22. The van der Waals surface area contributed by atoms with E-state index in [-0.39, 0.29) is 0 Å². The summed E-state index contributed by atoms with van der Waals surface area (Å²) in [5.74, 6) is 0. The lowest BCUT2D eigenvalue weighted by atomic mass is 10.1. The topological polar surface area (TPSA) is 83.8 Å². The third-order valence-corrected chi connectivity index (χ3v) is 3.00. The van der Waals surface area contributed by atoms with E-state index in [1.807, 2.05) is 0 Å². The Balaban J connectivity index is 3.15. The molecule has 0 fully saturated rings. The van der Waals surface area contributed by atoms with E-state index in [0.717, 1.165) is 6.08 Å². The summed E-state index contributed by atoms with van der Waals surface area (Å²) in [6, 6.07) is 0. The second-order valence-electron chi connectivity index (χ2n) is 2.63. The molecule has 2 atom stereocenters. The Morgan fingerprint density at radius 2 is 2.08 bits per heavy atom. The van der Waals surface area contributed by atoms with Gasteiger partial charge in [-0.05, 0) is 6.08 Å². The molecule has 0 saturated carbocycles. The third kappa shape index (κ3) is 1.66. The predicted molar refractivity (Wildman–Crippen MR) is 45.6 cm³/mol. The van der Waals surface area contributed by atoms with Gasteiger partial charge >= 0.3 is 10.1 Å². The first-order chi connectivity index (χ1) is 5.92. The van der Waals surface area contributed by atoms with Gasteiger partial charge in [0.05, 0.1) is 0 Å². The maximum Gasteiger partial charge on any atom is 0.301 e. The van der Waals surface area contributed by atoms with Crippen molar-refractivity contribution in [3.05, 3.63) is 24.3 Å². The van der Waals surface area contributed by atoms with E-state index in [2.05, 4.69) is 0 Å². The van der Waals surface area contributed by atoms with Crippen LogP contribution >= 0.6 is 0 Å². The summed E-state index contributed by atoms with van der Waals surface area (Å²) in [7, 11) is -3.35. The van der Waals surface area contributed by atoms with Crippen molar-refractivity contribution in [2.75, 3.05) is 7.11 Å². The van der Waals surface area contributed by atoms with E-state index in [9.17, 15) is 13.5 Å². The Bertz CT molecular complexity index is 342. The van der Waals surface area contributed by atoms with Crippen molar-refractivity contribution in [1.29, 1.82) is 0 Å². The van der Waals surface area contributed by atoms with Gasteiger partial charge in [0, 0.05) is 7.11 Å². The average molecular weight is 206 g/mol. The number of hydrogen-bond donors (Lipinski definition) is 2. The molecule has 0 bridgehead atoms. The van der Waals surface area contributed by atoms with Crippen molar-refractivity contribution < 1.29 is 22.8 Å². The summed E-state index contributed by atoms with van der Waals surface area (Å²) in [5, 5.41) is 9.57. The summed E-state index contributed by atoms with van der Waals surface area (Å²) in [6.07, 6.45) is 4.06. The normalized spacial score (nSPS) is 33.6. The Morgan fingerprint density at radius 1 is 1.46 bits per heavy atom. The van der Waals surface area contributed by atoms with Gasteiger partial charge < -0.3 is 9.84 Å². The summed E-state index contributed by atoms with van der Waals surface area (Å²) >= 11 is 0. The SMILES string of the molecule is COC1C=CC=CC1(O)S(=O)(=O)O. The third-order valence-electron chi connectivity index (χ3n) is 1.81. The van der Waals surface area contributed by atoms with Crippen molar-refractivity contribution in [2.45, 2.75) is 11.0 Å². The van der Waals surface area contributed by atoms with Crippen LogP contribution in [0.2, 0.25) is 0 Å². The number of hydrogen-bond acceptors (Lipinski definition) is 4. The van der Waals surface area contributed by atoms with Crippen LogP contribution in [0.15, 0.2) is 24.3 Å². The summed E-state index contributed by atoms with van der Waals surface area (Å²) in [4.78, 5) is -2.38. The number of ether oxygens (including phenoxy) is 1. The highest BCUT2D eigenvalue weighted by Gasteiger charge is 2.46. The zero-order chi connectivity index (χ0) is 10.1. The van der Waals surface area contributed by atoms with E-state index in [1.165, 1.54) is 25.3 Å². The fraction of sp³-hybridized carbons (Fsp3) is 0.429. The van der Waals surface area contributed by atoms with Gasteiger partial charge in [-0.25, -0.2) is 0 Å². The fourth-order valence-electron chi connectivity index (χ4n) is 1.07. The molecule has 1 aliphatic rings. The Kier molecular flexibility index (Phi) is 2.58. The van der Waals surface area contributed by atoms with Gasteiger partial charge in [-0.15, -0.1) is 0 Å². The zero-order valence-electron chi connectivity index (χ0n) is 6.91. The van der Waals surface area contributed by atoms with Crippen LogP contribution in [0, 0.1) is 0 Å². The van der Waals surface area contributed by atoms with Crippen molar-refractivity contribution in [1.82, 2.24) is 0 Å². The molecule has 5 nitrogen and oxygen atoms in total. The molecule has 0 heterocycles. The molecule has 6 heteroatoms. The number of methoxy groups -OCH3 is 1. The molecule has 1 aliphatic carbocycles. The quantitative estimate of drug-likeness (QED) is 0.606. The molecular weight excluding hydrogens is 196 g/mol. The number of rotatable bonds is 2. The lowest BCUT2D eigenvalue weighted by molar-refractivity contribution is 0.00954. The van der Waals surface area contributed by atoms with Crippen molar-refractivity contribution in [3.63, 3.8) is 0 Å². The van der Waals surface area contributed by atoms with Gasteiger partial charge in [0.2, 0.25) is 4.93 Å². The lowest BCUT2D eigenvalue weighted by Crippen LogP contribution is -2.48. The molecule has 13 heavy (non-hydrogen) atoms. The smallest absolute Gasteiger partial charge is 0.301 e. The number of aliphatic hydroxyl groups is 1. The van der Waals surface area contributed by atoms with Gasteiger partial charge in [-0.3, -0.25) is 4.55 Å². The van der Waals surface area contributed by atoms with Crippen LogP contribution in [-0.2, 0) is 14.9 Å². The van der Waals surface area contributed by atoms with Crippen LogP contribution < -0.4 is 0 Å². The van der Waals surface area contributed by atoms with Gasteiger partial charge in [0.25, 0.3) is 0 Å². The van der Waals surface area contributed by atoms with Crippen LogP contribution in [0.3, 0.4) is 0 Å². The fourth-order valence-corrected chi connectivity index (χ4v) is 1.79. The lowest BCUT2D eigenvalue weighted by Gasteiger charge is -2.28. The first kappa shape index (κ1) is 10.4. The first-order valence-corrected chi connectivity index (χ1v) is 4.94. The van der Waals surface area contributed by atoms with Crippen LogP contribution in [-0.4, -0.2) is 36.2 Å². The molecule has 74 valence electrons. The summed E-state index contributed by atoms with van der Waals surface area (Å²) in [6.45, 7) is 0. The van der Waals surface area contributed by atoms with Crippen molar-refractivity contribution in [3.8, 4) is 0 Å². The molecular formula is C7H10O5S. The molecule has 2 N–H and O–H groups in total. The largest absolute Gasteiger partial charge is 0.373 e. The van der Waals surface area contributed by atoms with Crippen LogP contribution in [0.1, 0.15) is 0 Å². The number of allylic oxidation sites excluding steroid dienone is 2. The van der Waals surface area contributed by atoms with Crippen LogP contribution in [0.4, 0.5) is 0 Å². The minimum absolute atomic E-state index is 0.969. The predicted octanol–water partition coefficient (Wildman–Crippen LogP) is -0.296. The molecule has 0 aromatic rings. The minimum Gasteiger partial charge on any atom is -0.373 e. The molecule has 0 amide bonds. The molecule has 0 spiro atoms. The standard InChI is InChI=1S/C7H10O5S/c1-12-6-4-2-3-5-7(6,8)13(9,10)11/h2-6,8H,1H3,(H,9,10,11). The Morgan fingerprint density at radius 3 is 2.46 bits per heavy atom. The Labute approximate surface area is 76.1 Å². The highest BCUT2D eigenvalue weighted by Crippen LogP contribution is 2.25. The van der Waals surface area contributed by atoms with E-state index < -0.39 is 21.2 Å². The van der Waals surface area contributed by atoms with Crippen LogP contribution in [0.5, 0.6) is 0 Å². The molecule has 0 radical (unpaired) electrons. The van der Waals surface area contributed by atoms with E-state index in [4.69, 9.17) is 9.29 Å². The summed E-state index contributed by atoms with van der Waals surface area (Å²) < 4.78 is 35.1. The first-order valence-electron chi connectivity index (χ1n) is 3.50. The maximum absolute atomic E-state index is 10.8. The molecule has 2 unspecified atom stereocenters. The van der Waals surface area contributed by atoms with Gasteiger partial charge in [0.15, 0.2) is 0 Å². The second-order valence-corrected chi connectivity index (χ2v) is 4.23. The highest BCUT2D eigenvalue weighted by atomic mass is 32.2. The molecule has 0 aromatic carbocycles.